The summed E-state index contributed by atoms with van der Waals surface area (Å²) in [7, 11) is 0. The van der Waals surface area contributed by atoms with Gasteiger partial charge in [0.2, 0.25) is 0 Å². The summed E-state index contributed by atoms with van der Waals surface area (Å²) in [6.45, 7) is 0.390. The average Bonchev–Trinajstić information content (AvgIpc) is 3.03. The van der Waals surface area contributed by atoms with Crippen molar-refractivity contribution < 1.29 is 23.5 Å². The molecule has 1 saturated heterocycles. The number of halogens is 1. The van der Waals surface area contributed by atoms with Crippen LogP contribution in [0, 0.1) is 5.82 Å². The Labute approximate surface area is 113 Å². The summed E-state index contributed by atoms with van der Waals surface area (Å²) in [6.07, 6.45) is 1.09. The predicted octanol–water partition coefficient (Wildman–Crippen LogP) is 2.26. The molecule has 0 bridgehead atoms. The lowest BCUT2D eigenvalue weighted by molar-refractivity contribution is -0.141. The van der Waals surface area contributed by atoms with E-state index in [4.69, 9.17) is 9.52 Å². The molecule has 1 fully saturated rings. The predicted molar refractivity (Wildman–Crippen MR) is 67.9 cm³/mol. The minimum Gasteiger partial charge on any atom is -0.480 e. The molecule has 3 rings (SSSR count). The van der Waals surface area contributed by atoms with E-state index in [1.54, 1.807) is 0 Å². The molecule has 1 aliphatic rings. The fraction of sp³-hybridized carbons (Fsp3) is 0.286. The van der Waals surface area contributed by atoms with Crippen molar-refractivity contribution in [3.8, 4) is 0 Å². The van der Waals surface area contributed by atoms with Crippen molar-refractivity contribution in [2.45, 2.75) is 18.9 Å². The van der Waals surface area contributed by atoms with E-state index in [1.807, 2.05) is 0 Å². The van der Waals surface area contributed by atoms with Crippen LogP contribution in [0.5, 0.6) is 0 Å². The fourth-order valence-electron chi connectivity index (χ4n) is 2.53. The van der Waals surface area contributed by atoms with Gasteiger partial charge < -0.3 is 14.4 Å². The minimum absolute atomic E-state index is 0.0405. The molecule has 2 aromatic rings. The molecule has 0 aliphatic carbocycles. The number of aliphatic carboxylic acids is 1. The fourth-order valence-corrected chi connectivity index (χ4v) is 2.53. The van der Waals surface area contributed by atoms with Crippen molar-refractivity contribution in [3.05, 3.63) is 35.8 Å². The zero-order chi connectivity index (χ0) is 14.3. The first-order valence-corrected chi connectivity index (χ1v) is 6.29. The van der Waals surface area contributed by atoms with E-state index >= 15 is 0 Å². The summed E-state index contributed by atoms with van der Waals surface area (Å²) in [6, 6.07) is 4.59. The quantitative estimate of drug-likeness (QED) is 0.914. The zero-order valence-electron chi connectivity index (χ0n) is 10.5. The molecular weight excluding hydrogens is 265 g/mol. The van der Waals surface area contributed by atoms with Crippen LogP contribution in [0.25, 0.3) is 11.0 Å². The van der Waals surface area contributed by atoms with Crippen LogP contribution in [-0.2, 0) is 4.79 Å². The third kappa shape index (κ3) is 2.03. The third-order valence-electron chi connectivity index (χ3n) is 3.49. The van der Waals surface area contributed by atoms with Crippen molar-refractivity contribution in [3.63, 3.8) is 0 Å². The maximum Gasteiger partial charge on any atom is 0.326 e. The summed E-state index contributed by atoms with van der Waals surface area (Å²) in [5.41, 5.74) is 0.404. The van der Waals surface area contributed by atoms with Crippen LogP contribution < -0.4 is 0 Å². The van der Waals surface area contributed by atoms with Crippen molar-refractivity contribution in [2.75, 3.05) is 6.54 Å². The number of carboxylic acid groups (broad SMARTS) is 1. The van der Waals surface area contributed by atoms with Gasteiger partial charge in [0, 0.05) is 11.9 Å². The number of hydrogen-bond acceptors (Lipinski definition) is 3. The second-order valence-corrected chi connectivity index (χ2v) is 4.79. The van der Waals surface area contributed by atoms with Crippen molar-refractivity contribution >= 4 is 22.8 Å². The lowest BCUT2D eigenvalue weighted by Gasteiger charge is -2.19. The average molecular weight is 277 g/mol. The molecule has 1 aromatic carbocycles. The number of hydrogen-bond donors (Lipinski definition) is 1. The van der Waals surface area contributed by atoms with Crippen molar-refractivity contribution in [1.29, 1.82) is 0 Å². The van der Waals surface area contributed by atoms with Crippen LogP contribution >= 0.6 is 0 Å². The number of rotatable bonds is 2. The topological polar surface area (TPSA) is 70.8 Å². The Balaban J connectivity index is 1.94. The van der Waals surface area contributed by atoms with Gasteiger partial charge >= 0.3 is 5.97 Å². The van der Waals surface area contributed by atoms with E-state index in [0.29, 0.717) is 30.4 Å². The maximum absolute atomic E-state index is 13.1. The van der Waals surface area contributed by atoms with Gasteiger partial charge in [0.15, 0.2) is 5.76 Å². The molecule has 5 nitrogen and oxygen atoms in total. The number of furan rings is 1. The lowest BCUT2D eigenvalue weighted by atomic mass is 10.2. The van der Waals surface area contributed by atoms with Gasteiger partial charge in [-0.15, -0.1) is 0 Å². The first-order valence-electron chi connectivity index (χ1n) is 6.29. The molecule has 1 amide bonds. The Morgan fingerprint density at radius 3 is 2.90 bits per heavy atom. The summed E-state index contributed by atoms with van der Waals surface area (Å²) < 4.78 is 18.5. The summed E-state index contributed by atoms with van der Waals surface area (Å²) in [5, 5.41) is 9.57. The largest absolute Gasteiger partial charge is 0.480 e. The minimum atomic E-state index is -1.02. The number of carbonyl (C=O) groups is 2. The van der Waals surface area contributed by atoms with Gasteiger partial charge in [-0.25, -0.2) is 9.18 Å². The van der Waals surface area contributed by atoms with Crippen LogP contribution in [0.4, 0.5) is 4.39 Å². The molecule has 1 aromatic heterocycles. The number of carboxylic acids is 1. The lowest BCUT2D eigenvalue weighted by Crippen LogP contribution is -2.40. The van der Waals surface area contributed by atoms with Gasteiger partial charge in [0.25, 0.3) is 5.91 Å². The van der Waals surface area contributed by atoms with Crippen molar-refractivity contribution in [2.24, 2.45) is 0 Å². The van der Waals surface area contributed by atoms with Gasteiger partial charge in [0.1, 0.15) is 17.4 Å². The van der Waals surface area contributed by atoms with Gasteiger partial charge in [-0.2, -0.15) is 0 Å². The Morgan fingerprint density at radius 1 is 1.35 bits per heavy atom. The first kappa shape index (κ1) is 12.7. The summed E-state index contributed by atoms with van der Waals surface area (Å²) in [4.78, 5) is 24.7. The van der Waals surface area contributed by atoms with E-state index in [1.165, 1.54) is 29.2 Å². The third-order valence-corrected chi connectivity index (χ3v) is 3.49. The number of nitrogens with zero attached hydrogens (tertiary/aromatic N) is 1. The Hall–Kier alpha value is -2.37. The Kier molecular flexibility index (Phi) is 2.93. The number of fused-ring (bicyclic) bond motifs is 1. The molecule has 1 aliphatic heterocycles. The van der Waals surface area contributed by atoms with Crippen LogP contribution in [0.2, 0.25) is 0 Å². The van der Waals surface area contributed by atoms with Crippen LogP contribution in [0.3, 0.4) is 0 Å². The second kappa shape index (κ2) is 4.63. The number of amides is 1. The SMILES string of the molecule is O=C(O)C1CCCN1C(=O)c1cc2cc(F)ccc2o1. The van der Waals surface area contributed by atoms with E-state index in [0.717, 1.165) is 0 Å². The number of likely N-dealkylation sites (tertiary alicyclic amines) is 1. The highest BCUT2D eigenvalue weighted by Gasteiger charge is 2.35. The van der Waals surface area contributed by atoms with Crippen molar-refractivity contribution in [1.82, 2.24) is 4.90 Å². The molecule has 0 saturated carbocycles. The Bertz CT molecular complexity index is 694. The van der Waals surface area contributed by atoms with E-state index in [9.17, 15) is 14.0 Å². The van der Waals surface area contributed by atoms with Gasteiger partial charge in [-0.1, -0.05) is 0 Å². The standard InChI is InChI=1S/C14H12FNO4/c15-9-3-4-11-8(6-9)7-12(20-11)13(17)16-5-1-2-10(16)14(18)19/h3-4,6-7,10H,1-2,5H2,(H,18,19). The van der Waals surface area contributed by atoms with Gasteiger partial charge in [-0.05, 0) is 37.1 Å². The highest BCUT2D eigenvalue weighted by atomic mass is 19.1. The monoisotopic (exact) mass is 277 g/mol. The first-order chi connectivity index (χ1) is 9.56. The molecule has 6 heteroatoms. The number of carbonyl (C=O) groups excluding carboxylic acids is 1. The molecular formula is C14H12FNO4. The zero-order valence-corrected chi connectivity index (χ0v) is 10.5. The number of benzene rings is 1. The van der Waals surface area contributed by atoms with E-state index in [2.05, 4.69) is 0 Å². The van der Waals surface area contributed by atoms with E-state index < -0.39 is 23.7 Å². The molecule has 1 N–H and O–H groups in total. The summed E-state index contributed by atoms with van der Waals surface area (Å²) >= 11 is 0. The van der Waals surface area contributed by atoms with Crippen LogP contribution in [0.1, 0.15) is 23.4 Å². The smallest absolute Gasteiger partial charge is 0.326 e. The molecule has 104 valence electrons. The van der Waals surface area contributed by atoms with Crippen LogP contribution in [0.15, 0.2) is 28.7 Å². The van der Waals surface area contributed by atoms with E-state index in [-0.39, 0.29) is 5.76 Å². The van der Waals surface area contributed by atoms with Crippen LogP contribution in [-0.4, -0.2) is 34.5 Å². The molecule has 1 atom stereocenters. The second-order valence-electron chi connectivity index (χ2n) is 4.79. The van der Waals surface area contributed by atoms with Gasteiger partial charge in [0.05, 0.1) is 0 Å². The highest BCUT2D eigenvalue weighted by Crippen LogP contribution is 2.25. The Morgan fingerprint density at radius 2 is 2.15 bits per heavy atom. The maximum atomic E-state index is 13.1. The molecule has 0 radical (unpaired) electrons. The molecule has 1 unspecified atom stereocenters. The van der Waals surface area contributed by atoms with Gasteiger partial charge in [-0.3, -0.25) is 4.79 Å². The normalized spacial score (nSPS) is 18.6. The molecule has 0 spiro atoms. The highest BCUT2D eigenvalue weighted by molar-refractivity contribution is 5.98. The summed E-state index contributed by atoms with van der Waals surface area (Å²) in [5.74, 6) is -1.86. The molecule has 20 heavy (non-hydrogen) atoms. The molecule has 2 heterocycles.